The first-order chi connectivity index (χ1) is 3.93. The lowest BCUT2D eigenvalue weighted by molar-refractivity contribution is 0.705. The van der Waals surface area contributed by atoms with E-state index in [1.807, 2.05) is 0 Å². The van der Waals surface area contributed by atoms with E-state index < -0.39 is 0 Å². The lowest BCUT2D eigenvalue weighted by Crippen LogP contribution is -1.91. The van der Waals surface area contributed by atoms with Crippen molar-refractivity contribution < 1.29 is 0 Å². The molecule has 0 aliphatic heterocycles. The molecule has 0 nitrogen and oxygen atoms in total. The second-order valence-electron chi connectivity index (χ2n) is 2.24. The van der Waals surface area contributed by atoms with Crippen LogP contribution in [0.3, 0.4) is 0 Å². The molecule has 0 amide bonds. The fraction of sp³-hybridized carbons (Fsp3) is 0.714. The summed E-state index contributed by atoms with van der Waals surface area (Å²) in [6.07, 6.45) is 7.94. The van der Waals surface area contributed by atoms with Gasteiger partial charge in [0.15, 0.2) is 0 Å². The van der Waals surface area contributed by atoms with Crippen molar-refractivity contribution >= 4 is 22.6 Å². The third-order valence-corrected chi connectivity index (χ3v) is 2.54. The van der Waals surface area contributed by atoms with Gasteiger partial charge in [0.1, 0.15) is 0 Å². The third-order valence-electron chi connectivity index (χ3n) is 1.56. The van der Waals surface area contributed by atoms with Crippen molar-refractivity contribution in [3.05, 3.63) is 11.6 Å². The van der Waals surface area contributed by atoms with Gasteiger partial charge in [-0.25, -0.2) is 0 Å². The largest absolute Gasteiger partial charge is 0.0846 e. The summed E-state index contributed by atoms with van der Waals surface area (Å²) in [7, 11) is 0. The van der Waals surface area contributed by atoms with Gasteiger partial charge in [-0.3, -0.25) is 0 Å². The molecule has 0 spiro atoms. The zero-order chi connectivity index (χ0) is 5.82. The van der Waals surface area contributed by atoms with Gasteiger partial charge in [0.05, 0.1) is 0 Å². The molecule has 0 aromatic heterocycles. The van der Waals surface area contributed by atoms with Crippen LogP contribution in [-0.4, -0.2) is 4.43 Å². The Bertz CT molecular complexity index is 94.6. The van der Waals surface area contributed by atoms with Crippen LogP contribution in [0.15, 0.2) is 11.6 Å². The molecule has 0 atom stereocenters. The minimum absolute atomic E-state index is 1.25. The van der Waals surface area contributed by atoms with E-state index in [0.717, 1.165) is 0 Å². The minimum atomic E-state index is 1.25. The average Bonchev–Trinajstić information content (AvgIpc) is 1.90. The van der Waals surface area contributed by atoms with E-state index in [-0.39, 0.29) is 0 Å². The molecule has 0 bridgehead atoms. The number of rotatable bonds is 1. The van der Waals surface area contributed by atoms with Crippen molar-refractivity contribution in [3.8, 4) is 0 Å². The van der Waals surface area contributed by atoms with E-state index >= 15 is 0 Å². The zero-order valence-corrected chi connectivity index (χ0v) is 7.15. The molecule has 1 rings (SSSR count). The molecular weight excluding hydrogens is 211 g/mol. The van der Waals surface area contributed by atoms with E-state index in [9.17, 15) is 0 Å². The van der Waals surface area contributed by atoms with Gasteiger partial charge in [0.25, 0.3) is 0 Å². The van der Waals surface area contributed by atoms with E-state index in [1.54, 1.807) is 5.57 Å². The summed E-state index contributed by atoms with van der Waals surface area (Å²) in [4.78, 5) is 0. The van der Waals surface area contributed by atoms with Crippen LogP contribution in [0.4, 0.5) is 0 Å². The summed E-state index contributed by atoms with van der Waals surface area (Å²) < 4.78 is 1.25. The van der Waals surface area contributed by atoms with Crippen LogP contribution < -0.4 is 0 Å². The molecule has 0 unspecified atom stereocenters. The number of allylic oxidation sites excluding steroid dienone is 2. The Labute approximate surface area is 64.5 Å². The van der Waals surface area contributed by atoms with Gasteiger partial charge >= 0.3 is 0 Å². The molecule has 0 aromatic carbocycles. The molecule has 1 aliphatic carbocycles. The predicted molar refractivity (Wildman–Crippen MR) is 45.4 cm³/mol. The van der Waals surface area contributed by atoms with Gasteiger partial charge in [-0.15, -0.1) is 0 Å². The summed E-state index contributed by atoms with van der Waals surface area (Å²) in [6.45, 7) is 0. The molecule has 0 radical (unpaired) electrons. The summed E-state index contributed by atoms with van der Waals surface area (Å²) in [5, 5.41) is 0. The second kappa shape index (κ2) is 3.49. The molecule has 1 heteroatoms. The van der Waals surface area contributed by atoms with E-state index in [4.69, 9.17) is 0 Å². The molecule has 0 saturated carbocycles. The highest BCUT2D eigenvalue weighted by atomic mass is 127. The Morgan fingerprint density at radius 3 is 2.75 bits per heavy atom. The Kier molecular flexibility index (Phi) is 2.87. The maximum atomic E-state index is 2.44. The third kappa shape index (κ3) is 1.77. The molecule has 0 N–H and O–H groups in total. The average molecular weight is 222 g/mol. The molecule has 0 heterocycles. The van der Waals surface area contributed by atoms with Crippen LogP contribution in [0.25, 0.3) is 0 Å². The van der Waals surface area contributed by atoms with Gasteiger partial charge in [-0.05, 0) is 25.7 Å². The van der Waals surface area contributed by atoms with Crippen molar-refractivity contribution in [1.29, 1.82) is 0 Å². The SMILES string of the molecule is ICC1=CCCCC1. The van der Waals surface area contributed by atoms with Crippen LogP contribution in [0, 0.1) is 0 Å². The summed E-state index contributed by atoms with van der Waals surface area (Å²) in [6, 6.07) is 0. The minimum Gasteiger partial charge on any atom is -0.0846 e. The number of halogens is 1. The van der Waals surface area contributed by atoms with Crippen molar-refractivity contribution in [1.82, 2.24) is 0 Å². The standard InChI is InChI=1S/C7H11I/c8-6-7-4-2-1-3-5-7/h4H,1-3,5-6H2. The van der Waals surface area contributed by atoms with Crippen molar-refractivity contribution in [3.63, 3.8) is 0 Å². The quantitative estimate of drug-likeness (QED) is 0.363. The van der Waals surface area contributed by atoms with Gasteiger partial charge in [0, 0.05) is 4.43 Å². The maximum absolute atomic E-state index is 2.44. The van der Waals surface area contributed by atoms with Gasteiger partial charge in [-0.1, -0.05) is 34.2 Å². The fourth-order valence-electron chi connectivity index (χ4n) is 1.03. The summed E-state index contributed by atoms with van der Waals surface area (Å²) in [5.74, 6) is 0. The highest BCUT2D eigenvalue weighted by molar-refractivity contribution is 14.1. The smallest absolute Gasteiger partial charge is 0.0205 e. The molecule has 1 aliphatic rings. The lowest BCUT2D eigenvalue weighted by atomic mass is 10.0. The fourth-order valence-corrected chi connectivity index (χ4v) is 1.72. The van der Waals surface area contributed by atoms with Crippen LogP contribution in [0.1, 0.15) is 25.7 Å². The number of hydrogen-bond acceptors (Lipinski definition) is 0. The highest BCUT2D eigenvalue weighted by Gasteiger charge is 1.99. The highest BCUT2D eigenvalue weighted by Crippen LogP contribution is 2.18. The Morgan fingerprint density at radius 2 is 2.38 bits per heavy atom. The van der Waals surface area contributed by atoms with Crippen molar-refractivity contribution in [2.45, 2.75) is 25.7 Å². The summed E-state index contributed by atoms with van der Waals surface area (Å²) >= 11 is 2.44. The van der Waals surface area contributed by atoms with Crippen LogP contribution in [0.2, 0.25) is 0 Å². The normalized spacial score (nSPS) is 20.4. The van der Waals surface area contributed by atoms with E-state index in [0.29, 0.717) is 0 Å². The monoisotopic (exact) mass is 222 g/mol. The van der Waals surface area contributed by atoms with Crippen LogP contribution in [0.5, 0.6) is 0 Å². The van der Waals surface area contributed by atoms with Crippen molar-refractivity contribution in [2.75, 3.05) is 4.43 Å². The summed E-state index contributed by atoms with van der Waals surface area (Å²) in [5.41, 5.74) is 1.66. The lowest BCUT2D eigenvalue weighted by Gasteiger charge is -2.08. The molecular formula is C7H11I. The zero-order valence-electron chi connectivity index (χ0n) is 4.99. The van der Waals surface area contributed by atoms with Gasteiger partial charge in [-0.2, -0.15) is 0 Å². The molecule has 46 valence electrons. The number of alkyl halides is 1. The molecule has 8 heavy (non-hydrogen) atoms. The first-order valence-electron chi connectivity index (χ1n) is 3.17. The van der Waals surface area contributed by atoms with Gasteiger partial charge in [0.2, 0.25) is 0 Å². The molecule has 0 saturated heterocycles. The number of hydrogen-bond donors (Lipinski definition) is 0. The topological polar surface area (TPSA) is 0 Å². The first kappa shape index (κ1) is 6.59. The Hall–Kier alpha value is 0.470. The molecule has 0 fully saturated rings. The maximum Gasteiger partial charge on any atom is 0.0205 e. The van der Waals surface area contributed by atoms with Crippen molar-refractivity contribution in [2.24, 2.45) is 0 Å². The first-order valence-corrected chi connectivity index (χ1v) is 4.70. The van der Waals surface area contributed by atoms with Crippen LogP contribution >= 0.6 is 22.6 Å². The van der Waals surface area contributed by atoms with Gasteiger partial charge < -0.3 is 0 Å². The Balaban J connectivity index is 2.37. The second-order valence-corrected chi connectivity index (χ2v) is 3.00. The molecule has 0 aromatic rings. The van der Waals surface area contributed by atoms with E-state index in [1.165, 1.54) is 30.1 Å². The Morgan fingerprint density at radius 1 is 1.50 bits per heavy atom. The predicted octanol–water partition coefficient (Wildman–Crippen LogP) is 2.92. The van der Waals surface area contributed by atoms with Crippen LogP contribution in [-0.2, 0) is 0 Å². The van der Waals surface area contributed by atoms with E-state index in [2.05, 4.69) is 28.7 Å².